The number of hydrogen-bond acceptors (Lipinski definition) is 2. The Bertz CT molecular complexity index is 573. The maximum atomic E-state index is 12.5. The van der Waals surface area contributed by atoms with Crippen molar-refractivity contribution in [1.29, 1.82) is 0 Å². The Kier molecular flexibility index (Phi) is 4.71. The molecular formula is C13H12ClF2NOS. The Morgan fingerprint density at radius 3 is 2.79 bits per heavy atom. The minimum atomic E-state index is -2.56. The lowest BCUT2D eigenvalue weighted by atomic mass is 10.1. The molecular weight excluding hydrogens is 292 g/mol. The Morgan fingerprint density at radius 1 is 1.37 bits per heavy atom. The molecule has 0 atom stereocenters. The normalized spacial score (nSPS) is 11.2. The van der Waals surface area contributed by atoms with E-state index in [2.05, 4.69) is 0 Å². The quantitative estimate of drug-likeness (QED) is 0.768. The molecule has 0 N–H and O–H groups in total. The number of fused-ring (bicyclic) bond motifs is 1. The maximum absolute atomic E-state index is 12.5. The summed E-state index contributed by atoms with van der Waals surface area (Å²) in [5, 5.41) is 2.51. The summed E-state index contributed by atoms with van der Waals surface area (Å²) in [6.45, 7) is -0.468. The van der Waals surface area contributed by atoms with Crippen LogP contribution in [-0.4, -0.2) is 36.2 Å². The van der Waals surface area contributed by atoms with Gasteiger partial charge in [0.05, 0.1) is 12.1 Å². The molecule has 2 aromatic rings. The Balaban J connectivity index is 2.30. The second-order valence-corrected chi connectivity index (χ2v) is 5.27. The number of carbonyl (C=O) groups excluding carboxylic acids is 1. The van der Waals surface area contributed by atoms with Gasteiger partial charge in [0.1, 0.15) is 0 Å². The van der Waals surface area contributed by atoms with E-state index in [1.54, 1.807) is 5.38 Å². The highest BCUT2D eigenvalue weighted by Gasteiger charge is 2.21. The predicted molar refractivity (Wildman–Crippen MR) is 74.5 cm³/mol. The fraction of sp³-hybridized carbons (Fsp3) is 0.308. The molecule has 1 heterocycles. The Morgan fingerprint density at radius 2 is 2.11 bits per heavy atom. The third-order valence-corrected chi connectivity index (χ3v) is 3.84. The van der Waals surface area contributed by atoms with Gasteiger partial charge in [0.15, 0.2) is 0 Å². The van der Waals surface area contributed by atoms with E-state index in [1.165, 1.54) is 11.3 Å². The summed E-state index contributed by atoms with van der Waals surface area (Å²) in [4.78, 5) is 13.4. The second-order valence-electron chi connectivity index (χ2n) is 3.98. The molecule has 19 heavy (non-hydrogen) atoms. The molecule has 1 aromatic heterocycles. The average Bonchev–Trinajstić information content (AvgIpc) is 2.80. The van der Waals surface area contributed by atoms with Gasteiger partial charge in [-0.3, -0.25) is 4.79 Å². The molecule has 102 valence electrons. The van der Waals surface area contributed by atoms with Crippen LogP contribution in [0.1, 0.15) is 10.4 Å². The van der Waals surface area contributed by atoms with Crippen LogP contribution in [0, 0.1) is 0 Å². The van der Waals surface area contributed by atoms with Crippen molar-refractivity contribution in [3.63, 3.8) is 0 Å². The van der Waals surface area contributed by atoms with Gasteiger partial charge in [-0.25, -0.2) is 8.78 Å². The minimum Gasteiger partial charge on any atom is -0.332 e. The van der Waals surface area contributed by atoms with Crippen LogP contribution < -0.4 is 0 Å². The van der Waals surface area contributed by atoms with E-state index in [1.807, 2.05) is 24.3 Å². The summed E-state index contributed by atoms with van der Waals surface area (Å²) in [5.41, 5.74) is 0.464. The van der Waals surface area contributed by atoms with Crippen LogP contribution in [0.5, 0.6) is 0 Å². The van der Waals surface area contributed by atoms with E-state index in [0.717, 1.165) is 15.0 Å². The largest absolute Gasteiger partial charge is 0.332 e. The lowest BCUT2D eigenvalue weighted by Crippen LogP contribution is -2.36. The lowest BCUT2D eigenvalue weighted by Gasteiger charge is -2.20. The standard InChI is InChI=1S/C13H12ClF2NOS/c14-5-6-17(7-12(15)16)13(18)10-8-19-11-4-2-1-3-9(10)11/h1-4,8,12H,5-7H2. The molecule has 0 aliphatic heterocycles. The molecule has 0 aliphatic carbocycles. The first-order valence-corrected chi connectivity index (χ1v) is 7.14. The first-order valence-electron chi connectivity index (χ1n) is 5.73. The van der Waals surface area contributed by atoms with Gasteiger partial charge in [-0.15, -0.1) is 22.9 Å². The number of hydrogen-bond donors (Lipinski definition) is 0. The van der Waals surface area contributed by atoms with Gasteiger partial charge in [-0.2, -0.15) is 0 Å². The molecule has 0 saturated heterocycles. The van der Waals surface area contributed by atoms with Crippen molar-refractivity contribution in [2.24, 2.45) is 0 Å². The zero-order valence-electron chi connectivity index (χ0n) is 9.98. The van der Waals surface area contributed by atoms with Gasteiger partial charge < -0.3 is 4.90 Å². The predicted octanol–water partition coefficient (Wildman–Crippen LogP) is 3.85. The molecule has 1 amide bonds. The van der Waals surface area contributed by atoms with E-state index in [-0.39, 0.29) is 12.4 Å². The summed E-state index contributed by atoms with van der Waals surface area (Å²) in [7, 11) is 0. The van der Waals surface area contributed by atoms with E-state index >= 15 is 0 Å². The molecule has 0 unspecified atom stereocenters. The van der Waals surface area contributed by atoms with Crippen molar-refractivity contribution in [3.05, 3.63) is 35.2 Å². The third-order valence-electron chi connectivity index (χ3n) is 2.71. The van der Waals surface area contributed by atoms with Gasteiger partial charge in [-0.1, -0.05) is 18.2 Å². The number of benzene rings is 1. The SMILES string of the molecule is O=C(c1csc2ccccc12)N(CCCl)CC(F)F. The van der Waals surface area contributed by atoms with Crippen LogP contribution >= 0.6 is 22.9 Å². The first-order chi connectivity index (χ1) is 9.13. The molecule has 0 radical (unpaired) electrons. The van der Waals surface area contributed by atoms with Crippen LogP contribution in [-0.2, 0) is 0 Å². The van der Waals surface area contributed by atoms with Gasteiger partial charge >= 0.3 is 0 Å². The van der Waals surface area contributed by atoms with Gasteiger partial charge in [0.2, 0.25) is 0 Å². The average molecular weight is 304 g/mol. The summed E-state index contributed by atoms with van der Waals surface area (Å²) in [6.07, 6.45) is -2.56. The molecule has 1 aromatic carbocycles. The van der Waals surface area contributed by atoms with Crippen molar-refractivity contribution >= 4 is 38.9 Å². The highest BCUT2D eigenvalue weighted by Crippen LogP contribution is 2.26. The van der Waals surface area contributed by atoms with Gasteiger partial charge in [-0.05, 0) is 6.07 Å². The number of carbonyl (C=O) groups is 1. The Labute approximate surface area is 118 Å². The van der Waals surface area contributed by atoms with Crippen LogP contribution in [0.4, 0.5) is 8.78 Å². The number of alkyl halides is 3. The second kappa shape index (κ2) is 6.30. The topological polar surface area (TPSA) is 20.3 Å². The van der Waals surface area contributed by atoms with Crippen LogP contribution in [0.25, 0.3) is 10.1 Å². The van der Waals surface area contributed by atoms with Crippen molar-refractivity contribution in [1.82, 2.24) is 4.90 Å². The summed E-state index contributed by atoms with van der Waals surface area (Å²) in [6, 6.07) is 7.42. The molecule has 2 rings (SSSR count). The van der Waals surface area contributed by atoms with Crippen molar-refractivity contribution in [2.75, 3.05) is 19.0 Å². The maximum Gasteiger partial charge on any atom is 0.255 e. The highest BCUT2D eigenvalue weighted by atomic mass is 35.5. The van der Waals surface area contributed by atoms with E-state index < -0.39 is 18.9 Å². The molecule has 6 heteroatoms. The van der Waals surface area contributed by atoms with Crippen molar-refractivity contribution in [2.45, 2.75) is 6.43 Å². The number of amides is 1. The number of rotatable bonds is 5. The zero-order valence-corrected chi connectivity index (χ0v) is 11.6. The Hall–Kier alpha value is -1.20. The number of nitrogens with zero attached hydrogens (tertiary/aromatic N) is 1. The van der Waals surface area contributed by atoms with E-state index in [0.29, 0.717) is 5.56 Å². The van der Waals surface area contributed by atoms with Crippen molar-refractivity contribution in [3.8, 4) is 0 Å². The van der Waals surface area contributed by atoms with Crippen LogP contribution in [0.3, 0.4) is 0 Å². The fourth-order valence-corrected chi connectivity index (χ4v) is 3.00. The zero-order chi connectivity index (χ0) is 13.8. The van der Waals surface area contributed by atoms with Crippen LogP contribution in [0.2, 0.25) is 0 Å². The third kappa shape index (κ3) is 3.22. The number of halogens is 3. The smallest absolute Gasteiger partial charge is 0.255 e. The first kappa shape index (κ1) is 14.2. The summed E-state index contributed by atoms with van der Waals surface area (Å²) >= 11 is 7.00. The lowest BCUT2D eigenvalue weighted by molar-refractivity contribution is 0.0573. The van der Waals surface area contributed by atoms with Gasteiger partial charge in [0, 0.05) is 27.9 Å². The molecule has 0 aliphatic rings. The molecule has 0 fully saturated rings. The van der Waals surface area contributed by atoms with E-state index in [9.17, 15) is 13.6 Å². The summed E-state index contributed by atoms with van der Waals surface area (Å²) < 4.78 is 25.9. The van der Waals surface area contributed by atoms with Gasteiger partial charge in [0.25, 0.3) is 12.3 Å². The number of thiophene rings is 1. The fourth-order valence-electron chi connectivity index (χ4n) is 1.86. The van der Waals surface area contributed by atoms with E-state index in [4.69, 9.17) is 11.6 Å². The highest BCUT2D eigenvalue weighted by molar-refractivity contribution is 7.17. The molecule has 0 saturated carbocycles. The monoisotopic (exact) mass is 303 g/mol. The summed E-state index contributed by atoms with van der Waals surface area (Å²) in [5.74, 6) is -0.251. The van der Waals surface area contributed by atoms with Crippen molar-refractivity contribution < 1.29 is 13.6 Å². The molecule has 0 bridgehead atoms. The minimum absolute atomic E-state index is 0.120. The molecule has 0 spiro atoms. The van der Waals surface area contributed by atoms with Crippen LogP contribution in [0.15, 0.2) is 29.6 Å². The molecule has 2 nitrogen and oxygen atoms in total.